The number of halogens is 4. The van der Waals surface area contributed by atoms with Crippen LogP contribution < -0.4 is 4.74 Å². The fourth-order valence-electron chi connectivity index (χ4n) is 2.08. The molecule has 0 saturated heterocycles. The van der Waals surface area contributed by atoms with Gasteiger partial charge in [0.1, 0.15) is 5.75 Å². The van der Waals surface area contributed by atoms with Crippen LogP contribution in [-0.2, 0) is 16.0 Å². The summed E-state index contributed by atoms with van der Waals surface area (Å²) in [4.78, 5) is 11.7. The predicted octanol–water partition coefficient (Wildman–Crippen LogP) is 4.26. The third kappa shape index (κ3) is 4.13. The molecule has 0 spiro atoms. The van der Waals surface area contributed by atoms with E-state index in [1.807, 2.05) is 12.1 Å². The first-order valence-electron chi connectivity index (χ1n) is 6.27. The second kappa shape index (κ2) is 6.56. The van der Waals surface area contributed by atoms with Crippen molar-refractivity contribution in [1.29, 1.82) is 0 Å². The van der Waals surface area contributed by atoms with Gasteiger partial charge in [-0.3, -0.25) is 4.79 Å². The highest BCUT2D eigenvalue weighted by Gasteiger charge is 2.29. The predicted molar refractivity (Wildman–Crippen MR) is 78.9 cm³/mol. The molecule has 0 atom stereocenters. The van der Waals surface area contributed by atoms with Crippen LogP contribution in [0.5, 0.6) is 5.75 Å². The monoisotopic (exact) mass is 376 g/mol. The molecule has 0 N–H and O–H groups in total. The molecule has 2 aromatic rings. The summed E-state index contributed by atoms with van der Waals surface area (Å²) in [5, 5.41) is 1.57. The van der Waals surface area contributed by atoms with Crippen molar-refractivity contribution in [3.8, 4) is 5.75 Å². The van der Waals surface area contributed by atoms with E-state index in [0.29, 0.717) is 11.3 Å². The van der Waals surface area contributed by atoms with Crippen LogP contribution in [0.25, 0.3) is 10.8 Å². The van der Waals surface area contributed by atoms with E-state index in [9.17, 15) is 18.0 Å². The van der Waals surface area contributed by atoms with Crippen molar-refractivity contribution in [3.05, 3.63) is 40.4 Å². The Morgan fingerprint density at radius 2 is 1.95 bits per heavy atom. The molecule has 0 heterocycles. The number of ether oxygens (including phenoxy) is 2. The summed E-state index contributed by atoms with van der Waals surface area (Å²) in [6.07, 6.45) is -4.83. The van der Waals surface area contributed by atoms with E-state index in [1.165, 1.54) is 7.11 Å². The number of benzene rings is 2. The van der Waals surface area contributed by atoms with Crippen LogP contribution >= 0.6 is 15.9 Å². The number of fused-ring (bicyclic) bond motifs is 1. The highest BCUT2D eigenvalue weighted by atomic mass is 79.9. The molecule has 2 rings (SSSR count). The minimum absolute atomic E-state index is 0.293. The fraction of sp³-hybridized carbons (Fsp3) is 0.267. The average Bonchev–Trinajstić information content (AvgIpc) is 2.44. The van der Waals surface area contributed by atoms with Gasteiger partial charge in [-0.05, 0) is 29.0 Å². The number of alkyl halides is 3. The van der Waals surface area contributed by atoms with E-state index in [4.69, 9.17) is 4.74 Å². The van der Waals surface area contributed by atoms with Gasteiger partial charge in [0, 0.05) is 10.0 Å². The highest BCUT2D eigenvalue weighted by molar-refractivity contribution is 9.10. The molecule has 118 valence electrons. The Morgan fingerprint density at radius 3 is 2.59 bits per heavy atom. The lowest BCUT2D eigenvalue weighted by Gasteiger charge is -2.13. The van der Waals surface area contributed by atoms with Gasteiger partial charge in [-0.2, -0.15) is 13.2 Å². The molecule has 0 aliphatic heterocycles. The van der Waals surface area contributed by atoms with E-state index in [-0.39, 0.29) is 6.42 Å². The molecule has 0 bridgehead atoms. The fourth-order valence-corrected chi connectivity index (χ4v) is 2.46. The van der Waals surface area contributed by atoms with E-state index >= 15 is 0 Å². The molecule has 0 radical (unpaired) electrons. The third-order valence-electron chi connectivity index (χ3n) is 2.99. The zero-order chi connectivity index (χ0) is 16.3. The number of carbonyl (C=O) groups is 1. The summed E-state index contributed by atoms with van der Waals surface area (Å²) in [6, 6.07) is 8.88. The van der Waals surface area contributed by atoms with Gasteiger partial charge >= 0.3 is 12.1 Å². The summed E-state index contributed by atoms with van der Waals surface area (Å²) >= 11 is 3.34. The first-order chi connectivity index (χ1) is 10.3. The van der Waals surface area contributed by atoms with Gasteiger partial charge in [-0.1, -0.05) is 28.1 Å². The Morgan fingerprint density at radius 1 is 1.23 bits per heavy atom. The first-order valence-corrected chi connectivity index (χ1v) is 7.07. The number of rotatable bonds is 4. The van der Waals surface area contributed by atoms with Crippen LogP contribution in [0.2, 0.25) is 0 Å². The van der Waals surface area contributed by atoms with Crippen LogP contribution in [0.3, 0.4) is 0 Å². The van der Waals surface area contributed by atoms with Crippen LogP contribution in [-0.4, -0.2) is 25.9 Å². The molecule has 22 heavy (non-hydrogen) atoms. The lowest BCUT2D eigenvalue weighted by Crippen LogP contribution is -2.21. The number of esters is 1. The summed E-state index contributed by atoms with van der Waals surface area (Å²) in [5.41, 5.74) is 0.500. The van der Waals surface area contributed by atoms with Crippen molar-refractivity contribution in [2.24, 2.45) is 0 Å². The summed E-state index contributed by atoms with van der Waals surface area (Å²) in [7, 11) is 1.44. The molecular weight excluding hydrogens is 365 g/mol. The maximum atomic E-state index is 12.1. The minimum Gasteiger partial charge on any atom is -0.496 e. The van der Waals surface area contributed by atoms with Crippen LogP contribution in [0.15, 0.2) is 34.8 Å². The average molecular weight is 377 g/mol. The summed E-state index contributed by atoms with van der Waals surface area (Å²) in [5.74, 6) is -0.523. The first kappa shape index (κ1) is 16.6. The molecule has 0 amide bonds. The normalized spacial score (nSPS) is 11.5. The number of carbonyl (C=O) groups excluding carboxylic acids is 1. The molecule has 0 saturated carbocycles. The lowest BCUT2D eigenvalue weighted by molar-refractivity contribution is -0.185. The van der Waals surface area contributed by atoms with Crippen molar-refractivity contribution in [1.82, 2.24) is 0 Å². The Kier molecular flexibility index (Phi) is 4.95. The molecule has 0 aliphatic carbocycles. The third-order valence-corrected chi connectivity index (χ3v) is 3.48. The van der Waals surface area contributed by atoms with E-state index in [2.05, 4.69) is 20.7 Å². The highest BCUT2D eigenvalue weighted by Crippen LogP contribution is 2.30. The van der Waals surface area contributed by atoms with E-state index in [1.54, 1.807) is 18.2 Å². The molecule has 0 aromatic heterocycles. The topological polar surface area (TPSA) is 35.5 Å². The zero-order valence-corrected chi connectivity index (χ0v) is 13.1. The van der Waals surface area contributed by atoms with Crippen LogP contribution in [0, 0.1) is 0 Å². The molecule has 2 aromatic carbocycles. The van der Waals surface area contributed by atoms with Gasteiger partial charge in [0.2, 0.25) is 0 Å². The van der Waals surface area contributed by atoms with E-state index < -0.39 is 18.8 Å². The molecule has 0 unspecified atom stereocenters. The van der Waals surface area contributed by atoms with Gasteiger partial charge in [0.15, 0.2) is 6.61 Å². The zero-order valence-electron chi connectivity index (χ0n) is 11.5. The van der Waals surface area contributed by atoms with Gasteiger partial charge in [0.25, 0.3) is 0 Å². The molecule has 3 nitrogen and oxygen atoms in total. The van der Waals surface area contributed by atoms with Gasteiger partial charge < -0.3 is 9.47 Å². The SMILES string of the molecule is COc1ccc2cc(Br)ccc2c1CC(=O)OCC(F)(F)F. The Labute approximate surface area is 133 Å². The van der Waals surface area contributed by atoms with Crippen LogP contribution in [0.4, 0.5) is 13.2 Å². The Bertz CT molecular complexity index is 698. The van der Waals surface area contributed by atoms with Crippen molar-refractivity contribution in [3.63, 3.8) is 0 Å². The van der Waals surface area contributed by atoms with Crippen molar-refractivity contribution >= 4 is 32.7 Å². The Balaban J connectivity index is 2.30. The Hall–Kier alpha value is -1.76. The van der Waals surface area contributed by atoms with Gasteiger partial charge in [0.05, 0.1) is 13.5 Å². The van der Waals surface area contributed by atoms with E-state index in [0.717, 1.165) is 15.2 Å². The van der Waals surface area contributed by atoms with Crippen molar-refractivity contribution in [2.75, 3.05) is 13.7 Å². The summed E-state index contributed by atoms with van der Waals surface area (Å²) < 4.78 is 46.6. The second-order valence-electron chi connectivity index (χ2n) is 4.56. The number of methoxy groups -OCH3 is 1. The number of hydrogen-bond donors (Lipinski definition) is 0. The molecule has 0 fully saturated rings. The molecule has 0 aliphatic rings. The molecule has 7 heteroatoms. The smallest absolute Gasteiger partial charge is 0.422 e. The van der Waals surface area contributed by atoms with Gasteiger partial charge in [-0.25, -0.2) is 0 Å². The van der Waals surface area contributed by atoms with Crippen molar-refractivity contribution < 1.29 is 27.4 Å². The maximum Gasteiger partial charge on any atom is 0.422 e. The maximum absolute atomic E-state index is 12.1. The standard InChI is InChI=1S/C15H12BrF3O3/c1-21-13-5-2-9-6-10(16)3-4-11(9)12(13)7-14(20)22-8-15(17,18)19/h2-6H,7-8H2,1H3. The number of hydrogen-bond acceptors (Lipinski definition) is 3. The quantitative estimate of drug-likeness (QED) is 0.748. The molecular formula is C15H12BrF3O3. The van der Waals surface area contributed by atoms with Crippen LogP contribution in [0.1, 0.15) is 5.56 Å². The largest absolute Gasteiger partial charge is 0.496 e. The van der Waals surface area contributed by atoms with Gasteiger partial charge in [-0.15, -0.1) is 0 Å². The lowest BCUT2D eigenvalue weighted by atomic mass is 10.0. The summed E-state index contributed by atoms with van der Waals surface area (Å²) in [6.45, 7) is -1.59. The van der Waals surface area contributed by atoms with Crippen molar-refractivity contribution in [2.45, 2.75) is 12.6 Å². The second-order valence-corrected chi connectivity index (χ2v) is 5.48. The minimum atomic E-state index is -4.54.